The predicted octanol–water partition coefficient (Wildman–Crippen LogP) is 8.83. The summed E-state index contributed by atoms with van der Waals surface area (Å²) in [5, 5.41) is 20.4. The minimum absolute atomic E-state index is 0. The second kappa shape index (κ2) is 39.6. The first-order valence-corrected chi connectivity index (χ1v) is 16.9. The first kappa shape index (κ1) is 42.9. The van der Waals surface area contributed by atoms with Gasteiger partial charge in [-0.2, -0.15) is 0 Å². The van der Waals surface area contributed by atoms with Gasteiger partial charge in [-0.25, -0.2) is 0 Å². The average Bonchev–Trinajstić information content (AvgIpc) is 2.89. The van der Waals surface area contributed by atoms with Crippen LogP contribution in [0.15, 0.2) is 0 Å². The van der Waals surface area contributed by atoms with Crippen molar-refractivity contribution in [2.24, 2.45) is 0 Å². The number of carboxylic acid groups (broad SMARTS) is 2. The molecule has 0 aromatic heterocycles. The summed E-state index contributed by atoms with van der Waals surface area (Å²) in [4.78, 5) is 20.4. The van der Waals surface area contributed by atoms with Crippen molar-refractivity contribution in [1.82, 2.24) is 0 Å². The Bertz CT molecular complexity index is 470. The molecule has 0 aliphatic rings. The van der Waals surface area contributed by atoms with E-state index in [2.05, 4.69) is 13.8 Å². The minimum atomic E-state index is -0.905. The molecule has 5 heteroatoms. The third-order valence-corrected chi connectivity index (χ3v) is 7.47. The Balaban J connectivity index is -0.000000651. The molecule has 228 valence electrons. The maximum absolute atomic E-state index is 10.2. The fraction of sp³-hybridized carbons (Fsp3) is 0.941. The third kappa shape index (κ3) is 47.6. The van der Waals surface area contributed by atoms with Crippen LogP contribution in [0, 0.1) is 0 Å². The molecule has 0 heterocycles. The van der Waals surface area contributed by atoms with Crippen LogP contribution in [0.2, 0.25) is 0 Å². The van der Waals surface area contributed by atoms with E-state index in [4.69, 9.17) is 0 Å². The molecule has 0 saturated carbocycles. The van der Waals surface area contributed by atoms with Gasteiger partial charge >= 0.3 is 17.4 Å². The van der Waals surface area contributed by atoms with Crippen LogP contribution in [0.25, 0.3) is 0 Å². The SMILES string of the molecule is CCCCCCCCCCCCCCCC(=O)[O-].CCCCCCCCCCCCCCCCCC(=O)[O-].[Al+3]. The van der Waals surface area contributed by atoms with Gasteiger partial charge < -0.3 is 19.8 Å². The van der Waals surface area contributed by atoms with Crippen molar-refractivity contribution in [3.8, 4) is 0 Å². The predicted molar refractivity (Wildman–Crippen MR) is 166 cm³/mol. The molecular formula is C34H66AlO4+. The normalized spacial score (nSPS) is 10.5. The first-order chi connectivity index (χ1) is 18.5. The molecule has 0 amide bonds. The molecule has 0 bridgehead atoms. The second-order valence-corrected chi connectivity index (χ2v) is 11.4. The van der Waals surface area contributed by atoms with Gasteiger partial charge in [-0.3, -0.25) is 0 Å². The molecule has 0 fully saturated rings. The number of carboxylic acids is 2. The van der Waals surface area contributed by atoms with Crippen LogP contribution in [-0.2, 0) is 9.59 Å². The Morgan fingerprint density at radius 2 is 0.487 bits per heavy atom. The van der Waals surface area contributed by atoms with Gasteiger partial charge in [0, 0.05) is 11.9 Å². The van der Waals surface area contributed by atoms with Crippen molar-refractivity contribution in [2.45, 2.75) is 206 Å². The third-order valence-electron chi connectivity index (χ3n) is 7.47. The van der Waals surface area contributed by atoms with E-state index in [9.17, 15) is 19.8 Å². The molecule has 0 rings (SSSR count). The number of unbranched alkanes of at least 4 members (excludes halogenated alkanes) is 26. The van der Waals surface area contributed by atoms with Gasteiger partial charge in [0.05, 0.1) is 0 Å². The van der Waals surface area contributed by atoms with Crippen LogP contribution >= 0.6 is 0 Å². The van der Waals surface area contributed by atoms with Crippen molar-refractivity contribution in [3.63, 3.8) is 0 Å². The van der Waals surface area contributed by atoms with Crippen molar-refractivity contribution < 1.29 is 19.8 Å². The minimum Gasteiger partial charge on any atom is -0.550 e. The molecule has 0 N–H and O–H groups in total. The van der Waals surface area contributed by atoms with E-state index in [0.29, 0.717) is 0 Å². The zero-order valence-corrected chi connectivity index (χ0v) is 27.6. The van der Waals surface area contributed by atoms with E-state index < -0.39 is 11.9 Å². The Morgan fingerprint density at radius 3 is 0.641 bits per heavy atom. The van der Waals surface area contributed by atoms with E-state index in [1.807, 2.05) is 0 Å². The second-order valence-electron chi connectivity index (χ2n) is 11.4. The van der Waals surface area contributed by atoms with E-state index >= 15 is 0 Å². The van der Waals surface area contributed by atoms with Gasteiger partial charge in [-0.05, 0) is 25.7 Å². The molecular weight excluding hydrogens is 499 g/mol. The molecule has 0 spiro atoms. The fourth-order valence-electron chi connectivity index (χ4n) is 4.93. The number of hydrogen-bond donors (Lipinski definition) is 0. The standard InChI is InChI=1S/C18H36O2.C16H32O2.Al/c1-2-3-4-5-6-7-8-9-10-11-12-13-14-15-16-17-18(19)20;1-2-3-4-5-6-7-8-9-10-11-12-13-14-15-16(17)18;/h2-17H2,1H3,(H,19,20);2-15H2,1H3,(H,17,18);/q;;+3/p-2. The van der Waals surface area contributed by atoms with Crippen LogP contribution in [0.1, 0.15) is 206 Å². The van der Waals surface area contributed by atoms with Crippen LogP contribution in [0.5, 0.6) is 0 Å². The van der Waals surface area contributed by atoms with Gasteiger partial charge in [0.1, 0.15) is 0 Å². The van der Waals surface area contributed by atoms with E-state index in [-0.39, 0.29) is 30.2 Å². The number of rotatable bonds is 30. The molecule has 4 nitrogen and oxygen atoms in total. The van der Waals surface area contributed by atoms with Crippen LogP contribution < -0.4 is 10.2 Å². The number of carbonyl (C=O) groups excluding carboxylic acids is 2. The Kier molecular flexibility index (Phi) is 43.6. The maximum atomic E-state index is 10.2. The average molecular weight is 566 g/mol. The molecule has 39 heavy (non-hydrogen) atoms. The fourth-order valence-corrected chi connectivity index (χ4v) is 4.93. The van der Waals surface area contributed by atoms with Crippen LogP contribution in [-0.4, -0.2) is 29.3 Å². The van der Waals surface area contributed by atoms with Gasteiger partial charge in [0.2, 0.25) is 0 Å². The van der Waals surface area contributed by atoms with Gasteiger partial charge in [0.15, 0.2) is 0 Å². The summed E-state index contributed by atoms with van der Waals surface area (Å²) in [6, 6.07) is 0. The van der Waals surface area contributed by atoms with Crippen molar-refractivity contribution in [2.75, 3.05) is 0 Å². The quantitative estimate of drug-likeness (QED) is 0.0643. The van der Waals surface area contributed by atoms with Crippen molar-refractivity contribution >= 4 is 29.3 Å². The number of carbonyl (C=O) groups is 2. The summed E-state index contributed by atoms with van der Waals surface area (Å²) >= 11 is 0. The summed E-state index contributed by atoms with van der Waals surface area (Å²) < 4.78 is 0. The topological polar surface area (TPSA) is 80.3 Å². The zero-order valence-electron chi connectivity index (χ0n) is 26.4. The largest absolute Gasteiger partial charge is 3.00 e. The molecule has 0 saturated heterocycles. The number of aliphatic carboxylic acids is 2. The van der Waals surface area contributed by atoms with Crippen LogP contribution in [0.4, 0.5) is 0 Å². The van der Waals surface area contributed by atoms with Crippen LogP contribution in [0.3, 0.4) is 0 Å². The molecule has 0 aromatic carbocycles. The number of hydrogen-bond acceptors (Lipinski definition) is 4. The van der Waals surface area contributed by atoms with E-state index in [1.165, 1.54) is 154 Å². The Morgan fingerprint density at radius 1 is 0.333 bits per heavy atom. The molecule has 0 radical (unpaired) electrons. The zero-order chi connectivity index (χ0) is 28.4. The maximum Gasteiger partial charge on any atom is 3.00 e. The molecule has 0 unspecified atom stereocenters. The molecule has 0 aromatic rings. The molecule has 0 aliphatic heterocycles. The Hall–Kier alpha value is -0.528. The molecule has 0 aliphatic carbocycles. The van der Waals surface area contributed by atoms with Crippen molar-refractivity contribution in [1.29, 1.82) is 0 Å². The Labute approximate surface area is 255 Å². The summed E-state index contributed by atoms with van der Waals surface area (Å²) in [7, 11) is 0. The monoisotopic (exact) mass is 565 g/mol. The smallest absolute Gasteiger partial charge is 0.550 e. The van der Waals surface area contributed by atoms with E-state index in [0.717, 1.165) is 25.7 Å². The van der Waals surface area contributed by atoms with Gasteiger partial charge in [-0.15, -0.1) is 0 Å². The van der Waals surface area contributed by atoms with Gasteiger partial charge in [0.25, 0.3) is 0 Å². The first-order valence-electron chi connectivity index (χ1n) is 16.9. The van der Waals surface area contributed by atoms with Crippen molar-refractivity contribution in [3.05, 3.63) is 0 Å². The summed E-state index contributed by atoms with van der Waals surface area (Å²) in [6.45, 7) is 4.52. The van der Waals surface area contributed by atoms with E-state index in [1.54, 1.807) is 0 Å². The molecule has 0 atom stereocenters. The summed E-state index contributed by atoms with van der Waals surface area (Å²) in [6.07, 6.45) is 36.8. The van der Waals surface area contributed by atoms with Gasteiger partial charge in [-0.1, -0.05) is 181 Å². The summed E-state index contributed by atoms with van der Waals surface area (Å²) in [5.41, 5.74) is 0. The summed E-state index contributed by atoms with van der Waals surface area (Å²) in [5.74, 6) is -1.81.